The Morgan fingerprint density at radius 2 is 2.00 bits per heavy atom. The van der Waals surface area contributed by atoms with Gasteiger partial charge in [0.1, 0.15) is 5.69 Å². The number of nitrogens with zero attached hydrogens (tertiary/aromatic N) is 2. The second-order valence-corrected chi connectivity index (χ2v) is 4.71. The Morgan fingerprint density at radius 3 is 2.65 bits per heavy atom. The fourth-order valence-electron chi connectivity index (χ4n) is 2.30. The van der Waals surface area contributed by atoms with Gasteiger partial charge in [0.05, 0.1) is 19.4 Å². The van der Waals surface area contributed by atoms with Crippen molar-refractivity contribution in [3.63, 3.8) is 0 Å². The SMILES string of the molecule is CCOc1ncc(NC(=O)C2CCCC2)c(OCC)n1. The van der Waals surface area contributed by atoms with E-state index >= 15 is 0 Å². The highest BCUT2D eigenvalue weighted by molar-refractivity contribution is 5.93. The van der Waals surface area contributed by atoms with Gasteiger partial charge in [0.15, 0.2) is 0 Å². The minimum absolute atomic E-state index is 0.0243. The van der Waals surface area contributed by atoms with Gasteiger partial charge in [-0.15, -0.1) is 0 Å². The molecule has 0 unspecified atom stereocenters. The molecule has 1 N–H and O–H groups in total. The highest BCUT2D eigenvalue weighted by Crippen LogP contribution is 2.28. The summed E-state index contributed by atoms with van der Waals surface area (Å²) in [4.78, 5) is 20.4. The fraction of sp³-hybridized carbons (Fsp3) is 0.643. The Kier molecular flexibility index (Phi) is 5.15. The van der Waals surface area contributed by atoms with E-state index in [1.807, 2.05) is 13.8 Å². The number of rotatable bonds is 6. The quantitative estimate of drug-likeness (QED) is 0.865. The van der Waals surface area contributed by atoms with Gasteiger partial charge in [0, 0.05) is 5.92 Å². The summed E-state index contributed by atoms with van der Waals surface area (Å²) >= 11 is 0. The van der Waals surface area contributed by atoms with Crippen molar-refractivity contribution in [1.29, 1.82) is 0 Å². The van der Waals surface area contributed by atoms with Crippen molar-refractivity contribution in [3.05, 3.63) is 6.20 Å². The number of anilines is 1. The zero-order valence-electron chi connectivity index (χ0n) is 12.0. The van der Waals surface area contributed by atoms with E-state index in [0.717, 1.165) is 25.7 Å². The molecule has 2 rings (SSSR count). The van der Waals surface area contributed by atoms with Crippen molar-refractivity contribution >= 4 is 11.6 Å². The van der Waals surface area contributed by atoms with E-state index in [9.17, 15) is 4.79 Å². The summed E-state index contributed by atoms with van der Waals surface area (Å²) in [5, 5.41) is 2.86. The van der Waals surface area contributed by atoms with Gasteiger partial charge in [-0.1, -0.05) is 12.8 Å². The van der Waals surface area contributed by atoms with Crippen molar-refractivity contribution in [2.24, 2.45) is 5.92 Å². The van der Waals surface area contributed by atoms with Crippen molar-refractivity contribution in [2.75, 3.05) is 18.5 Å². The molecule has 0 aromatic carbocycles. The molecular formula is C14H21N3O3. The molecule has 1 aliphatic rings. The molecule has 1 fully saturated rings. The van der Waals surface area contributed by atoms with Gasteiger partial charge in [-0.25, -0.2) is 4.98 Å². The summed E-state index contributed by atoms with van der Waals surface area (Å²) in [5.74, 6) is 0.476. The fourth-order valence-corrected chi connectivity index (χ4v) is 2.30. The molecule has 6 heteroatoms. The number of amides is 1. The van der Waals surface area contributed by atoms with Gasteiger partial charge in [-0.05, 0) is 26.7 Å². The first-order chi connectivity index (χ1) is 9.74. The van der Waals surface area contributed by atoms with Crippen molar-refractivity contribution in [3.8, 4) is 11.9 Å². The minimum Gasteiger partial charge on any atom is -0.476 e. The van der Waals surface area contributed by atoms with Crippen LogP contribution in [0.1, 0.15) is 39.5 Å². The van der Waals surface area contributed by atoms with Gasteiger partial charge >= 0.3 is 6.01 Å². The first kappa shape index (κ1) is 14.6. The third-order valence-electron chi connectivity index (χ3n) is 3.27. The van der Waals surface area contributed by atoms with Crippen LogP contribution in [-0.4, -0.2) is 29.1 Å². The van der Waals surface area contributed by atoms with Gasteiger partial charge in [0.2, 0.25) is 11.8 Å². The maximum atomic E-state index is 12.1. The second-order valence-electron chi connectivity index (χ2n) is 4.71. The largest absolute Gasteiger partial charge is 0.476 e. The smallest absolute Gasteiger partial charge is 0.319 e. The molecule has 110 valence electrons. The maximum Gasteiger partial charge on any atom is 0.319 e. The van der Waals surface area contributed by atoms with Crippen LogP contribution in [0, 0.1) is 5.92 Å². The topological polar surface area (TPSA) is 73.3 Å². The van der Waals surface area contributed by atoms with Crippen LogP contribution < -0.4 is 14.8 Å². The average Bonchev–Trinajstić information content (AvgIpc) is 2.96. The first-order valence-electron chi connectivity index (χ1n) is 7.18. The number of carbonyl (C=O) groups is 1. The van der Waals surface area contributed by atoms with Crippen molar-refractivity contribution < 1.29 is 14.3 Å². The Morgan fingerprint density at radius 1 is 1.30 bits per heavy atom. The average molecular weight is 279 g/mol. The molecule has 0 saturated heterocycles. The highest BCUT2D eigenvalue weighted by atomic mass is 16.5. The molecule has 20 heavy (non-hydrogen) atoms. The van der Waals surface area contributed by atoms with E-state index in [1.165, 1.54) is 6.20 Å². The number of ether oxygens (including phenoxy) is 2. The van der Waals surface area contributed by atoms with Crippen LogP contribution in [0.5, 0.6) is 11.9 Å². The molecular weight excluding hydrogens is 258 g/mol. The first-order valence-corrected chi connectivity index (χ1v) is 7.18. The van der Waals surface area contributed by atoms with Crippen LogP contribution in [0.3, 0.4) is 0 Å². The van der Waals surface area contributed by atoms with Crippen LogP contribution >= 0.6 is 0 Å². The molecule has 1 aliphatic carbocycles. The number of hydrogen-bond donors (Lipinski definition) is 1. The van der Waals surface area contributed by atoms with Crippen LogP contribution in [0.2, 0.25) is 0 Å². The van der Waals surface area contributed by atoms with Crippen molar-refractivity contribution in [2.45, 2.75) is 39.5 Å². The Balaban J connectivity index is 2.10. The van der Waals surface area contributed by atoms with Crippen LogP contribution in [0.4, 0.5) is 5.69 Å². The van der Waals surface area contributed by atoms with E-state index in [-0.39, 0.29) is 17.8 Å². The highest BCUT2D eigenvalue weighted by Gasteiger charge is 2.24. The molecule has 1 saturated carbocycles. The Bertz CT molecular complexity index is 459. The summed E-state index contributed by atoms with van der Waals surface area (Å²) in [5.41, 5.74) is 0.507. The molecule has 0 bridgehead atoms. The predicted molar refractivity (Wildman–Crippen MR) is 75.0 cm³/mol. The lowest BCUT2D eigenvalue weighted by Gasteiger charge is -2.13. The maximum absolute atomic E-state index is 12.1. The van der Waals surface area contributed by atoms with Gasteiger partial charge in [-0.2, -0.15) is 4.98 Å². The second kappa shape index (κ2) is 7.07. The molecule has 6 nitrogen and oxygen atoms in total. The summed E-state index contributed by atoms with van der Waals surface area (Å²) in [6, 6.07) is 0.259. The summed E-state index contributed by atoms with van der Waals surface area (Å²) in [6.07, 6.45) is 5.68. The molecule has 0 radical (unpaired) electrons. The molecule has 1 aromatic rings. The van der Waals surface area contributed by atoms with Gasteiger partial charge in [0.25, 0.3) is 0 Å². The zero-order chi connectivity index (χ0) is 14.4. The lowest BCUT2D eigenvalue weighted by molar-refractivity contribution is -0.119. The van der Waals surface area contributed by atoms with E-state index in [4.69, 9.17) is 9.47 Å². The molecule has 0 aliphatic heterocycles. The summed E-state index contributed by atoms with van der Waals surface area (Å²) in [6.45, 7) is 4.68. The van der Waals surface area contributed by atoms with E-state index in [1.54, 1.807) is 0 Å². The van der Waals surface area contributed by atoms with E-state index in [2.05, 4.69) is 15.3 Å². The lowest BCUT2D eigenvalue weighted by Crippen LogP contribution is -2.21. The van der Waals surface area contributed by atoms with Gasteiger partial charge in [-0.3, -0.25) is 4.79 Å². The predicted octanol–water partition coefficient (Wildman–Crippen LogP) is 2.40. The van der Waals surface area contributed by atoms with E-state index in [0.29, 0.717) is 24.8 Å². The molecule has 1 aromatic heterocycles. The molecule has 1 heterocycles. The Hall–Kier alpha value is -1.85. The normalized spacial score (nSPS) is 15.1. The third kappa shape index (κ3) is 3.59. The number of carbonyl (C=O) groups excluding carboxylic acids is 1. The van der Waals surface area contributed by atoms with Crippen LogP contribution in [0.25, 0.3) is 0 Å². The van der Waals surface area contributed by atoms with Crippen LogP contribution in [-0.2, 0) is 4.79 Å². The minimum atomic E-state index is 0.0243. The number of hydrogen-bond acceptors (Lipinski definition) is 5. The van der Waals surface area contributed by atoms with Crippen molar-refractivity contribution in [1.82, 2.24) is 9.97 Å². The third-order valence-corrected chi connectivity index (χ3v) is 3.27. The zero-order valence-corrected chi connectivity index (χ0v) is 12.0. The van der Waals surface area contributed by atoms with Crippen LogP contribution in [0.15, 0.2) is 6.20 Å². The molecule has 1 amide bonds. The summed E-state index contributed by atoms with van der Waals surface area (Å²) in [7, 11) is 0. The number of aromatic nitrogens is 2. The Labute approximate surface area is 118 Å². The summed E-state index contributed by atoms with van der Waals surface area (Å²) < 4.78 is 10.7. The number of nitrogens with one attached hydrogen (secondary N) is 1. The molecule has 0 atom stereocenters. The monoisotopic (exact) mass is 279 g/mol. The molecule has 0 spiro atoms. The lowest BCUT2D eigenvalue weighted by atomic mass is 10.1. The van der Waals surface area contributed by atoms with E-state index < -0.39 is 0 Å². The standard InChI is InChI=1S/C14H21N3O3/c1-3-19-13-11(9-15-14(17-13)20-4-2)16-12(18)10-7-5-6-8-10/h9-10H,3-8H2,1-2H3,(H,16,18). The van der Waals surface area contributed by atoms with Gasteiger partial charge < -0.3 is 14.8 Å².